The Morgan fingerprint density at radius 3 is 2.75 bits per heavy atom. The number of hydrogen-bond acceptors (Lipinski definition) is 3. The van der Waals surface area contributed by atoms with Gasteiger partial charge >= 0.3 is 0 Å². The number of nitrogens with two attached hydrogens (primary N) is 1. The maximum atomic E-state index is 13.6. The van der Waals surface area contributed by atoms with E-state index < -0.39 is 0 Å². The molecule has 1 heterocycles. The highest BCUT2D eigenvalue weighted by molar-refractivity contribution is 5.78. The molecule has 1 saturated heterocycles. The second-order valence-corrected chi connectivity index (χ2v) is 5.42. The summed E-state index contributed by atoms with van der Waals surface area (Å²) in [5.74, 6) is -0.361. The van der Waals surface area contributed by atoms with Gasteiger partial charge in [-0.05, 0) is 25.8 Å². The molecule has 0 bridgehead atoms. The molecule has 1 fully saturated rings. The lowest BCUT2D eigenvalue weighted by Gasteiger charge is -2.29. The smallest absolute Gasteiger partial charge is 0.234 e. The molecular formula is C15H22FN3O. The molecule has 1 aromatic carbocycles. The minimum Gasteiger partial charge on any atom is -0.348 e. The molecule has 1 aromatic rings. The standard InChI is InChI=1S/C15H22FN3O/c1-11(13-4-2-3-5-14(13)16)18-15(20)10-19-8-6-12(17)7-9-19/h2-5,11-12H,6-10,17H2,1H3,(H,18,20). The lowest BCUT2D eigenvalue weighted by Crippen LogP contribution is -2.44. The van der Waals surface area contributed by atoms with Crippen LogP contribution in [-0.4, -0.2) is 36.5 Å². The van der Waals surface area contributed by atoms with E-state index in [1.165, 1.54) is 6.07 Å². The van der Waals surface area contributed by atoms with Crippen LogP contribution in [0.15, 0.2) is 24.3 Å². The van der Waals surface area contributed by atoms with Gasteiger partial charge in [-0.15, -0.1) is 0 Å². The number of rotatable bonds is 4. The van der Waals surface area contributed by atoms with E-state index in [0.29, 0.717) is 12.1 Å². The van der Waals surface area contributed by atoms with E-state index >= 15 is 0 Å². The van der Waals surface area contributed by atoms with Crippen LogP contribution in [0.2, 0.25) is 0 Å². The van der Waals surface area contributed by atoms with Crippen molar-refractivity contribution in [3.63, 3.8) is 0 Å². The van der Waals surface area contributed by atoms with Gasteiger partial charge in [-0.1, -0.05) is 18.2 Å². The van der Waals surface area contributed by atoms with Crippen molar-refractivity contribution in [1.82, 2.24) is 10.2 Å². The fourth-order valence-electron chi connectivity index (χ4n) is 2.51. The molecule has 1 aliphatic heterocycles. The van der Waals surface area contributed by atoms with E-state index in [1.54, 1.807) is 25.1 Å². The van der Waals surface area contributed by atoms with Gasteiger partial charge in [0.1, 0.15) is 5.82 Å². The topological polar surface area (TPSA) is 58.4 Å². The highest BCUT2D eigenvalue weighted by Crippen LogP contribution is 2.16. The number of piperidine rings is 1. The minimum absolute atomic E-state index is 0.0729. The predicted octanol–water partition coefficient (Wildman–Crippen LogP) is 1.43. The minimum atomic E-state index is -0.323. The number of likely N-dealkylation sites (tertiary alicyclic amines) is 1. The molecule has 0 radical (unpaired) electrons. The van der Waals surface area contributed by atoms with Crippen molar-refractivity contribution in [2.75, 3.05) is 19.6 Å². The number of nitrogens with one attached hydrogen (secondary N) is 1. The molecule has 1 unspecified atom stereocenters. The van der Waals surface area contributed by atoms with Crippen LogP contribution in [0.5, 0.6) is 0 Å². The Bertz CT molecular complexity index is 458. The average Bonchev–Trinajstić information content (AvgIpc) is 2.41. The Morgan fingerprint density at radius 1 is 1.45 bits per heavy atom. The SMILES string of the molecule is CC(NC(=O)CN1CCC(N)CC1)c1ccccc1F. The molecule has 0 aromatic heterocycles. The van der Waals surface area contributed by atoms with Gasteiger partial charge in [0.25, 0.3) is 0 Å². The van der Waals surface area contributed by atoms with Gasteiger partial charge < -0.3 is 11.1 Å². The molecule has 0 saturated carbocycles. The first-order valence-corrected chi connectivity index (χ1v) is 7.08. The number of amides is 1. The van der Waals surface area contributed by atoms with Gasteiger partial charge in [0.05, 0.1) is 12.6 Å². The van der Waals surface area contributed by atoms with Crippen molar-refractivity contribution in [2.24, 2.45) is 5.73 Å². The van der Waals surface area contributed by atoms with Gasteiger partial charge in [0.2, 0.25) is 5.91 Å². The van der Waals surface area contributed by atoms with Gasteiger partial charge in [-0.3, -0.25) is 9.69 Å². The van der Waals surface area contributed by atoms with Gasteiger partial charge in [0.15, 0.2) is 0 Å². The van der Waals surface area contributed by atoms with Crippen LogP contribution in [-0.2, 0) is 4.79 Å². The Hall–Kier alpha value is -1.46. The van der Waals surface area contributed by atoms with Gasteiger partial charge in [-0.2, -0.15) is 0 Å². The third kappa shape index (κ3) is 4.02. The zero-order valence-electron chi connectivity index (χ0n) is 11.8. The van der Waals surface area contributed by atoms with E-state index in [0.717, 1.165) is 25.9 Å². The second-order valence-electron chi connectivity index (χ2n) is 5.42. The monoisotopic (exact) mass is 279 g/mol. The van der Waals surface area contributed by atoms with E-state index in [1.807, 2.05) is 0 Å². The van der Waals surface area contributed by atoms with Gasteiger partial charge in [-0.25, -0.2) is 4.39 Å². The molecular weight excluding hydrogens is 257 g/mol. The fraction of sp³-hybridized carbons (Fsp3) is 0.533. The average molecular weight is 279 g/mol. The summed E-state index contributed by atoms with van der Waals surface area (Å²) in [6.07, 6.45) is 1.85. The van der Waals surface area contributed by atoms with Crippen molar-refractivity contribution < 1.29 is 9.18 Å². The van der Waals surface area contributed by atoms with Crippen molar-refractivity contribution in [2.45, 2.75) is 31.8 Å². The van der Waals surface area contributed by atoms with E-state index in [4.69, 9.17) is 5.73 Å². The summed E-state index contributed by atoms with van der Waals surface area (Å²) in [5.41, 5.74) is 6.35. The van der Waals surface area contributed by atoms with E-state index in [2.05, 4.69) is 10.2 Å². The van der Waals surface area contributed by atoms with Crippen molar-refractivity contribution in [1.29, 1.82) is 0 Å². The summed E-state index contributed by atoms with van der Waals surface area (Å²) in [7, 11) is 0. The third-order valence-electron chi connectivity index (χ3n) is 3.75. The van der Waals surface area contributed by atoms with Crippen molar-refractivity contribution >= 4 is 5.91 Å². The van der Waals surface area contributed by atoms with Crippen LogP contribution in [0, 0.1) is 5.82 Å². The van der Waals surface area contributed by atoms with Gasteiger partial charge in [0, 0.05) is 24.7 Å². The molecule has 4 nitrogen and oxygen atoms in total. The maximum Gasteiger partial charge on any atom is 0.234 e. The summed E-state index contributed by atoms with van der Waals surface area (Å²) >= 11 is 0. The number of nitrogens with zero attached hydrogens (tertiary/aromatic N) is 1. The first-order valence-electron chi connectivity index (χ1n) is 7.08. The summed E-state index contributed by atoms with van der Waals surface area (Å²) < 4.78 is 13.6. The quantitative estimate of drug-likeness (QED) is 0.876. The van der Waals surface area contributed by atoms with E-state index in [9.17, 15) is 9.18 Å². The van der Waals surface area contributed by atoms with Crippen LogP contribution < -0.4 is 11.1 Å². The molecule has 2 rings (SSSR count). The summed E-state index contributed by atoms with van der Waals surface area (Å²) in [4.78, 5) is 14.1. The molecule has 110 valence electrons. The Morgan fingerprint density at radius 2 is 2.10 bits per heavy atom. The first-order chi connectivity index (χ1) is 9.56. The predicted molar refractivity (Wildman–Crippen MR) is 76.6 cm³/mol. The van der Waals surface area contributed by atoms with Crippen molar-refractivity contribution in [3.05, 3.63) is 35.6 Å². The van der Waals surface area contributed by atoms with Crippen LogP contribution in [0.4, 0.5) is 4.39 Å². The molecule has 1 amide bonds. The number of benzene rings is 1. The second kappa shape index (κ2) is 6.81. The highest BCUT2D eigenvalue weighted by atomic mass is 19.1. The molecule has 3 N–H and O–H groups in total. The summed E-state index contributed by atoms with van der Waals surface area (Å²) in [6, 6.07) is 6.45. The molecule has 1 atom stereocenters. The van der Waals surface area contributed by atoms with Crippen molar-refractivity contribution in [3.8, 4) is 0 Å². The lowest BCUT2D eigenvalue weighted by atomic mass is 10.1. The third-order valence-corrected chi connectivity index (χ3v) is 3.75. The highest BCUT2D eigenvalue weighted by Gasteiger charge is 2.19. The number of halogens is 1. The lowest BCUT2D eigenvalue weighted by molar-refractivity contribution is -0.123. The number of carbonyl (C=O) groups is 1. The Kier molecular flexibility index (Phi) is 5.09. The van der Waals surface area contributed by atoms with Crippen LogP contribution in [0.3, 0.4) is 0 Å². The largest absolute Gasteiger partial charge is 0.348 e. The first kappa shape index (κ1) is 14.9. The molecule has 5 heteroatoms. The fourth-order valence-corrected chi connectivity index (χ4v) is 2.51. The molecule has 20 heavy (non-hydrogen) atoms. The molecule has 0 aliphatic carbocycles. The Labute approximate surface area is 119 Å². The van der Waals surface area contributed by atoms with E-state index in [-0.39, 0.29) is 23.8 Å². The molecule has 0 spiro atoms. The zero-order valence-corrected chi connectivity index (χ0v) is 11.8. The molecule has 1 aliphatic rings. The summed E-state index contributed by atoms with van der Waals surface area (Å²) in [5, 5.41) is 2.84. The zero-order chi connectivity index (χ0) is 14.5. The number of carbonyl (C=O) groups excluding carboxylic acids is 1. The summed E-state index contributed by atoms with van der Waals surface area (Å²) in [6.45, 7) is 3.85. The van der Waals surface area contributed by atoms with Crippen LogP contribution >= 0.6 is 0 Å². The normalized spacial score (nSPS) is 18.8. The maximum absolute atomic E-state index is 13.6. The Balaban J connectivity index is 1.84. The number of hydrogen-bond donors (Lipinski definition) is 2. The van der Waals surface area contributed by atoms with Crippen LogP contribution in [0.1, 0.15) is 31.4 Å². The van der Waals surface area contributed by atoms with Crippen LogP contribution in [0.25, 0.3) is 0 Å².